The second kappa shape index (κ2) is 8.69. The number of nitrogens with zero attached hydrogens (tertiary/aromatic N) is 5. The molecule has 1 aliphatic rings. The van der Waals surface area contributed by atoms with Gasteiger partial charge in [0, 0.05) is 38.7 Å². The van der Waals surface area contributed by atoms with Crippen molar-refractivity contribution in [1.29, 1.82) is 0 Å². The van der Waals surface area contributed by atoms with Crippen LogP contribution in [-0.2, 0) is 19.1 Å². The zero-order valence-electron chi connectivity index (χ0n) is 16.9. The third-order valence-electron chi connectivity index (χ3n) is 4.90. The molecule has 1 fully saturated rings. The van der Waals surface area contributed by atoms with Gasteiger partial charge < -0.3 is 9.32 Å². The third-order valence-corrected chi connectivity index (χ3v) is 6.12. The van der Waals surface area contributed by atoms with E-state index in [1.165, 1.54) is 28.3 Å². The van der Waals surface area contributed by atoms with Crippen LogP contribution in [0.15, 0.2) is 35.2 Å². The number of aromatic nitrogens is 3. The van der Waals surface area contributed by atoms with Gasteiger partial charge in [0.2, 0.25) is 0 Å². The summed E-state index contributed by atoms with van der Waals surface area (Å²) in [6, 6.07) is 1.88. The monoisotopic (exact) mass is 465 g/mol. The third kappa shape index (κ3) is 4.64. The van der Waals surface area contributed by atoms with Crippen LogP contribution in [0.3, 0.4) is 0 Å². The Bertz CT molecular complexity index is 1110. The summed E-state index contributed by atoms with van der Waals surface area (Å²) in [5.41, 5.74) is 0.0560. The van der Waals surface area contributed by atoms with Crippen molar-refractivity contribution in [3.63, 3.8) is 0 Å². The number of carbonyl (C=O) groups is 2. The molecule has 1 aliphatic heterocycles. The number of ketones is 1. The lowest BCUT2D eigenvalue weighted by molar-refractivity contribution is -0.141. The lowest BCUT2D eigenvalue weighted by atomic mass is 10.2. The van der Waals surface area contributed by atoms with Crippen LogP contribution < -0.4 is 4.90 Å². The van der Waals surface area contributed by atoms with Crippen LogP contribution in [0.1, 0.15) is 38.9 Å². The van der Waals surface area contributed by atoms with Crippen LogP contribution in [0, 0.1) is 6.92 Å². The van der Waals surface area contributed by atoms with Crippen molar-refractivity contribution < 1.29 is 27.2 Å². The van der Waals surface area contributed by atoms with Crippen LogP contribution in [-0.4, -0.2) is 44.8 Å². The first-order chi connectivity index (χ1) is 15.2. The van der Waals surface area contributed by atoms with Crippen molar-refractivity contribution in [2.75, 3.05) is 18.0 Å². The number of halogens is 3. The molecule has 0 aliphatic carbocycles. The van der Waals surface area contributed by atoms with E-state index in [1.54, 1.807) is 6.92 Å². The lowest BCUT2D eigenvalue weighted by Crippen LogP contribution is -2.31. The minimum atomic E-state index is -4.51. The first kappa shape index (κ1) is 21.9. The predicted molar refractivity (Wildman–Crippen MR) is 108 cm³/mol. The van der Waals surface area contributed by atoms with Crippen LogP contribution >= 0.6 is 11.3 Å². The Balaban J connectivity index is 1.40. The molecular weight excluding hydrogens is 447 g/mol. The standard InChI is InChI=1S/C20H18F3N5O3S/c1-12-17(14(29)3-5-16-24-6-9-31-16)32-18(26-12)28-8-7-27(19(28)30)11-13-2-4-15(25-10-13)20(21,22)23/h2,4,6,9-10H,3,5,7-8,11H2,1H3. The fraction of sp³-hybridized carbons (Fsp3) is 0.350. The van der Waals surface area contributed by atoms with E-state index in [0.29, 0.717) is 46.7 Å². The summed E-state index contributed by atoms with van der Waals surface area (Å²) in [5, 5.41) is 0.417. The minimum absolute atomic E-state index is 0.108. The van der Waals surface area contributed by atoms with E-state index in [1.807, 2.05) is 0 Å². The second-order valence-electron chi connectivity index (χ2n) is 7.17. The van der Waals surface area contributed by atoms with Gasteiger partial charge in [-0.05, 0) is 18.6 Å². The highest BCUT2D eigenvalue weighted by Crippen LogP contribution is 2.31. The average molecular weight is 465 g/mol. The Kier molecular flexibility index (Phi) is 5.96. The van der Waals surface area contributed by atoms with Gasteiger partial charge in [-0.25, -0.2) is 14.8 Å². The highest BCUT2D eigenvalue weighted by molar-refractivity contribution is 7.17. The molecule has 0 N–H and O–H groups in total. The van der Waals surface area contributed by atoms with Gasteiger partial charge in [-0.15, -0.1) is 0 Å². The molecule has 3 aromatic rings. The van der Waals surface area contributed by atoms with Gasteiger partial charge >= 0.3 is 12.2 Å². The summed E-state index contributed by atoms with van der Waals surface area (Å²) in [7, 11) is 0. The molecule has 32 heavy (non-hydrogen) atoms. The molecule has 0 aromatic carbocycles. The molecule has 4 heterocycles. The van der Waals surface area contributed by atoms with Crippen molar-refractivity contribution in [2.24, 2.45) is 0 Å². The number of hydrogen-bond acceptors (Lipinski definition) is 7. The summed E-state index contributed by atoms with van der Waals surface area (Å²) in [6.45, 7) is 2.59. The minimum Gasteiger partial charge on any atom is -0.449 e. The van der Waals surface area contributed by atoms with Gasteiger partial charge in [-0.2, -0.15) is 13.2 Å². The molecule has 4 rings (SSSR count). The highest BCUT2D eigenvalue weighted by Gasteiger charge is 2.34. The van der Waals surface area contributed by atoms with Crippen LogP contribution in [0.4, 0.5) is 23.1 Å². The van der Waals surface area contributed by atoms with Gasteiger partial charge in [-0.3, -0.25) is 14.7 Å². The quantitative estimate of drug-likeness (QED) is 0.488. The number of urea groups is 1. The number of amides is 2. The molecule has 8 nitrogen and oxygen atoms in total. The summed E-state index contributed by atoms with van der Waals surface area (Å²) in [6.07, 6.45) is 0.158. The summed E-state index contributed by atoms with van der Waals surface area (Å²) in [5.74, 6) is 0.368. The van der Waals surface area contributed by atoms with Crippen molar-refractivity contribution in [3.05, 3.63) is 58.5 Å². The first-order valence-corrected chi connectivity index (χ1v) is 10.5. The van der Waals surface area contributed by atoms with Crippen molar-refractivity contribution in [1.82, 2.24) is 19.9 Å². The Hall–Kier alpha value is -3.28. The largest absolute Gasteiger partial charge is 0.449 e. The lowest BCUT2D eigenvalue weighted by Gasteiger charge is -2.17. The Morgan fingerprint density at radius 1 is 1.25 bits per heavy atom. The topological polar surface area (TPSA) is 92.4 Å². The number of carbonyl (C=O) groups excluding carboxylic acids is 2. The van der Waals surface area contributed by atoms with Crippen LogP contribution in [0.25, 0.3) is 0 Å². The number of aryl methyl sites for hydroxylation is 2. The van der Waals surface area contributed by atoms with Gasteiger partial charge in [0.1, 0.15) is 12.0 Å². The number of rotatable bonds is 7. The smallest absolute Gasteiger partial charge is 0.433 e. The van der Waals surface area contributed by atoms with E-state index in [-0.39, 0.29) is 24.8 Å². The zero-order chi connectivity index (χ0) is 22.9. The molecule has 1 saturated heterocycles. The maximum atomic E-state index is 12.8. The molecular formula is C20H18F3N5O3S. The van der Waals surface area contributed by atoms with Crippen molar-refractivity contribution >= 4 is 28.3 Å². The number of alkyl halides is 3. The van der Waals surface area contributed by atoms with E-state index in [0.717, 1.165) is 23.6 Å². The van der Waals surface area contributed by atoms with Gasteiger partial charge in [0.25, 0.3) is 0 Å². The number of anilines is 1. The fourth-order valence-corrected chi connectivity index (χ4v) is 4.33. The maximum Gasteiger partial charge on any atom is 0.433 e. The van der Waals surface area contributed by atoms with Gasteiger partial charge in [0.05, 0.1) is 16.8 Å². The SMILES string of the molecule is Cc1nc(N2CCN(Cc3ccc(C(F)(F)F)nc3)C2=O)sc1C(=O)CCc1ncco1. The van der Waals surface area contributed by atoms with E-state index < -0.39 is 11.9 Å². The molecule has 168 valence electrons. The molecule has 0 saturated carbocycles. The van der Waals surface area contributed by atoms with Crippen LogP contribution in [0.2, 0.25) is 0 Å². The Labute approximate surface area is 184 Å². The number of Topliss-reactive ketones (excluding diaryl/α,β-unsaturated/α-hetero) is 1. The molecule has 12 heteroatoms. The van der Waals surface area contributed by atoms with Gasteiger partial charge in [-0.1, -0.05) is 17.4 Å². The van der Waals surface area contributed by atoms with Crippen molar-refractivity contribution in [3.8, 4) is 0 Å². The summed E-state index contributed by atoms with van der Waals surface area (Å²) in [4.78, 5) is 40.7. The molecule has 3 aromatic heterocycles. The Morgan fingerprint density at radius 3 is 2.72 bits per heavy atom. The second-order valence-corrected chi connectivity index (χ2v) is 8.14. The van der Waals surface area contributed by atoms with Crippen molar-refractivity contribution in [2.45, 2.75) is 32.5 Å². The molecule has 0 spiro atoms. The molecule has 2 amide bonds. The van der Waals surface area contributed by atoms with E-state index in [2.05, 4.69) is 15.0 Å². The Morgan fingerprint density at radius 2 is 2.06 bits per heavy atom. The van der Waals surface area contributed by atoms with E-state index in [9.17, 15) is 22.8 Å². The summed E-state index contributed by atoms with van der Waals surface area (Å²) >= 11 is 1.15. The maximum absolute atomic E-state index is 12.8. The van der Waals surface area contributed by atoms with Gasteiger partial charge in [0.15, 0.2) is 16.8 Å². The normalized spacial score (nSPS) is 14.4. The average Bonchev–Trinajstić information content (AvgIpc) is 3.47. The first-order valence-electron chi connectivity index (χ1n) is 9.70. The highest BCUT2D eigenvalue weighted by atomic mass is 32.1. The van der Waals surface area contributed by atoms with E-state index in [4.69, 9.17) is 4.42 Å². The number of pyridine rings is 1. The molecule has 0 unspecified atom stereocenters. The number of oxazole rings is 1. The number of hydrogen-bond donors (Lipinski definition) is 0. The molecule has 0 bridgehead atoms. The molecule has 0 atom stereocenters. The van der Waals surface area contributed by atoms with E-state index >= 15 is 0 Å². The fourth-order valence-electron chi connectivity index (χ4n) is 3.28. The summed E-state index contributed by atoms with van der Waals surface area (Å²) < 4.78 is 43.1. The molecule has 0 radical (unpaired) electrons. The van der Waals surface area contributed by atoms with Crippen LogP contribution in [0.5, 0.6) is 0 Å². The predicted octanol–water partition coefficient (Wildman–Crippen LogP) is 4.11. The number of thiazole rings is 1. The zero-order valence-corrected chi connectivity index (χ0v) is 17.7.